The van der Waals surface area contributed by atoms with E-state index in [0.717, 1.165) is 11.3 Å². The van der Waals surface area contributed by atoms with Gasteiger partial charge < -0.3 is 10.4 Å². The Hall–Kier alpha value is -1.35. The Morgan fingerprint density at radius 3 is 2.35 bits per heavy atom. The summed E-state index contributed by atoms with van der Waals surface area (Å²) >= 11 is 0. The zero-order chi connectivity index (χ0) is 14.2. The Morgan fingerprint density at radius 1 is 1.10 bits per heavy atom. The van der Waals surface area contributed by atoms with Gasteiger partial charge in [-0.2, -0.15) is 0 Å². The molecule has 3 nitrogen and oxygen atoms in total. The summed E-state index contributed by atoms with van der Waals surface area (Å²) in [4.78, 5) is 12.1. The van der Waals surface area contributed by atoms with Gasteiger partial charge in [-0.3, -0.25) is 4.79 Å². The van der Waals surface area contributed by atoms with Crippen LogP contribution in [0.4, 0.5) is 5.69 Å². The van der Waals surface area contributed by atoms with Crippen LogP contribution in [0.15, 0.2) is 24.3 Å². The first-order valence-corrected chi connectivity index (χ1v) is 7.77. The molecule has 0 bridgehead atoms. The number of rotatable bonds is 5. The number of amides is 1. The fourth-order valence-electron chi connectivity index (χ4n) is 2.93. The fourth-order valence-corrected chi connectivity index (χ4v) is 2.93. The van der Waals surface area contributed by atoms with Crippen LogP contribution in [0.5, 0.6) is 0 Å². The highest BCUT2D eigenvalue weighted by Gasteiger charge is 2.16. The highest BCUT2D eigenvalue weighted by molar-refractivity contribution is 5.90. The molecule has 1 aliphatic rings. The maximum absolute atomic E-state index is 12.1. The second-order valence-electron chi connectivity index (χ2n) is 5.78. The molecule has 0 unspecified atom stereocenters. The molecule has 1 fully saturated rings. The van der Waals surface area contributed by atoms with Gasteiger partial charge in [0.05, 0.1) is 0 Å². The zero-order valence-electron chi connectivity index (χ0n) is 12.1. The summed E-state index contributed by atoms with van der Waals surface area (Å²) < 4.78 is 0. The second-order valence-corrected chi connectivity index (χ2v) is 5.78. The van der Waals surface area contributed by atoms with Crippen molar-refractivity contribution in [3.05, 3.63) is 29.8 Å². The number of carbonyl (C=O) groups excluding carboxylic acids is 1. The lowest BCUT2D eigenvalue weighted by Crippen LogP contribution is -2.16. The summed E-state index contributed by atoms with van der Waals surface area (Å²) in [5, 5.41) is 11.8. The minimum Gasteiger partial charge on any atom is -0.396 e. The normalized spacial score (nSPS) is 16.6. The van der Waals surface area contributed by atoms with Crippen LogP contribution >= 0.6 is 0 Å². The first-order valence-electron chi connectivity index (χ1n) is 7.77. The maximum Gasteiger partial charge on any atom is 0.224 e. The second kappa shape index (κ2) is 8.05. The SMILES string of the molecule is O=C(CC1CCCCCC1)Nc1ccc(CCO)cc1. The van der Waals surface area contributed by atoms with Gasteiger partial charge in [0.1, 0.15) is 0 Å². The molecule has 0 heterocycles. The van der Waals surface area contributed by atoms with E-state index in [0.29, 0.717) is 18.8 Å². The minimum atomic E-state index is 0.131. The minimum absolute atomic E-state index is 0.131. The van der Waals surface area contributed by atoms with Gasteiger partial charge in [0, 0.05) is 18.7 Å². The van der Waals surface area contributed by atoms with Crippen LogP contribution in [0.3, 0.4) is 0 Å². The molecule has 1 aromatic rings. The van der Waals surface area contributed by atoms with E-state index < -0.39 is 0 Å². The summed E-state index contributed by atoms with van der Waals surface area (Å²) in [6.45, 7) is 0.160. The molecule has 0 aromatic heterocycles. The van der Waals surface area contributed by atoms with Gasteiger partial charge in [-0.1, -0.05) is 37.8 Å². The summed E-state index contributed by atoms with van der Waals surface area (Å²) in [7, 11) is 0. The Morgan fingerprint density at radius 2 is 1.75 bits per heavy atom. The van der Waals surface area contributed by atoms with E-state index in [1.165, 1.54) is 38.5 Å². The lowest BCUT2D eigenvalue weighted by molar-refractivity contribution is -0.117. The lowest BCUT2D eigenvalue weighted by atomic mass is 9.96. The molecule has 0 spiro atoms. The molecule has 0 saturated heterocycles. The third kappa shape index (κ3) is 4.97. The van der Waals surface area contributed by atoms with Gasteiger partial charge in [-0.05, 0) is 42.9 Å². The van der Waals surface area contributed by atoms with Crippen LogP contribution in [-0.2, 0) is 11.2 Å². The molecular weight excluding hydrogens is 250 g/mol. The molecule has 0 atom stereocenters. The molecule has 3 heteroatoms. The maximum atomic E-state index is 12.1. The molecule has 0 radical (unpaired) electrons. The van der Waals surface area contributed by atoms with Gasteiger partial charge in [0.15, 0.2) is 0 Å². The number of benzene rings is 1. The summed E-state index contributed by atoms with van der Waals surface area (Å²) in [6, 6.07) is 7.74. The van der Waals surface area contributed by atoms with Gasteiger partial charge in [0.25, 0.3) is 0 Å². The molecule has 1 aliphatic carbocycles. The predicted molar refractivity (Wildman–Crippen MR) is 81.7 cm³/mol. The Bertz CT molecular complexity index is 406. The molecule has 0 aliphatic heterocycles. The molecule has 1 amide bonds. The van der Waals surface area contributed by atoms with Gasteiger partial charge in [-0.15, -0.1) is 0 Å². The van der Waals surface area contributed by atoms with Crippen molar-refractivity contribution < 1.29 is 9.90 Å². The third-order valence-corrected chi connectivity index (χ3v) is 4.09. The summed E-state index contributed by atoms with van der Waals surface area (Å²) in [5.74, 6) is 0.693. The quantitative estimate of drug-likeness (QED) is 0.808. The van der Waals surface area contributed by atoms with E-state index in [9.17, 15) is 4.79 Å². The highest BCUT2D eigenvalue weighted by atomic mass is 16.2. The zero-order valence-corrected chi connectivity index (χ0v) is 12.1. The Balaban J connectivity index is 1.81. The summed E-state index contributed by atoms with van der Waals surface area (Å²) in [6.07, 6.45) is 8.90. The van der Waals surface area contributed by atoms with Crippen molar-refractivity contribution in [3.8, 4) is 0 Å². The molecule has 2 rings (SSSR count). The van der Waals surface area contributed by atoms with Crippen molar-refractivity contribution >= 4 is 11.6 Å². The van der Waals surface area contributed by atoms with Crippen LogP contribution in [0.1, 0.15) is 50.5 Å². The predicted octanol–water partition coefficient (Wildman–Crippen LogP) is 3.52. The molecular formula is C17H25NO2. The van der Waals surface area contributed by atoms with E-state index >= 15 is 0 Å². The molecule has 1 saturated carbocycles. The number of carbonyl (C=O) groups is 1. The van der Waals surface area contributed by atoms with Crippen molar-refractivity contribution in [3.63, 3.8) is 0 Å². The van der Waals surface area contributed by atoms with E-state index in [1.807, 2.05) is 24.3 Å². The van der Waals surface area contributed by atoms with Crippen LogP contribution in [0, 0.1) is 5.92 Å². The van der Waals surface area contributed by atoms with Gasteiger partial charge in [0.2, 0.25) is 5.91 Å². The van der Waals surface area contributed by atoms with Crippen molar-refractivity contribution in [2.24, 2.45) is 5.92 Å². The van der Waals surface area contributed by atoms with Crippen molar-refractivity contribution in [2.75, 3.05) is 11.9 Å². The Labute approximate surface area is 121 Å². The average Bonchev–Trinajstić information content (AvgIpc) is 2.70. The number of hydrogen-bond donors (Lipinski definition) is 2. The number of aliphatic hydroxyl groups is 1. The Kier molecular flexibility index (Phi) is 6.06. The van der Waals surface area contributed by atoms with Crippen molar-refractivity contribution in [2.45, 2.75) is 51.4 Å². The molecule has 2 N–H and O–H groups in total. The van der Waals surface area contributed by atoms with Crippen LogP contribution in [0.2, 0.25) is 0 Å². The topological polar surface area (TPSA) is 49.3 Å². The summed E-state index contributed by atoms with van der Waals surface area (Å²) in [5.41, 5.74) is 1.94. The fraction of sp³-hybridized carbons (Fsp3) is 0.588. The monoisotopic (exact) mass is 275 g/mol. The standard InChI is InChI=1S/C17H25NO2/c19-12-11-14-7-9-16(10-8-14)18-17(20)13-15-5-3-1-2-4-6-15/h7-10,15,19H,1-6,11-13H2,(H,18,20). The highest BCUT2D eigenvalue weighted by Crippen LogP contribution is 2.25. The van der Waals surface area contributed by atoms with Gasteiger partial charge >= 0.3 is 0 Å². The number of nitrogens with one attached hydrogen (secondary N) is 1. The number of aliphatic hydroxyl groups excluding tert-OH is 1. The molecule has 1 aromatic carbocycles. The first-order chi connectivity index (χ1) is 9.78. The molecule has 110 valence electrons. The van der Waals surface area contributed by atoms with E-state index in [1.54, 1.807) is 0 Å². The van der Waals surface area contributed by atoms with Crippen LogP contribution in [-0.4, -0.2) is 17.6 Å². The van der Waals surface area contributed by atoms with Crippen LogP contribution < -0.4 is 5.32 Å². The smallest absolute Gasteiger partial charge is 0.224 e. The van der Waals surface area contributed by atoms with E-state index in [-0.39, 0.29) is 12.5 Å². The van der Waals surface area contributed by atoms with E-state index in [4.69, 9.17) is 5.11 Å². The first kappa shape index (κ1) is 15.0. The van der Waals surface area contributed by atoms with E-state index in [2.05, 4.69) is 5.32 Å². The molecule has 20 heavy (non-hydrogen) atoms. The van der Waals surface area contributed by atoms with Crippen molar-refractivity contribution in [1.29, 1.82) is 0 Å². The lowest BCUT2D eigenvalue weighted by Gasteiger charge is -2.13. The largest absolute Gasteiger partial charge is 0.396 e. The van der Waals surface area contributed by atoms with Crippen LogP contribution in [0.25, 0.3) is 0 Å². The number of anilines is 1. The number of hydrogen-bond acceptors (Lipinski definition) is 2. The third-order valence-electron chi connectivity index (χ3n) is 4.09. The van der Waals surface area contributed by atoms with Gasteiger partial charge in [-0.25, -0.2) is 0 Å². The average molecular weight is 275 g/mol. The van der Waals surface area contributed by atoms with Crippen molar-refractivity contribution in [1.82, 2.24) is 0 Å².